The van der Waals surface area contributed by atoms with Crippen molar-refractivity contribution in [1.29, 1.82) is 0 Å². The van der Waals surface area contributed by atoms with Crippen LogP contribution >= 0.6 is 0 Å². The molecule has 4 aliphatic carbocycles. The molecule has 0 aromatic heterocycles. The van der Waals surface area contributed by atoms with Crippen molar-refractivity contribution in [2.24, 2.45) is 35.0 Å². The Balaban J connectivity index is 1.95. The highest BCUT2D eigenvalue weighted by molar-refractivity contribution is 5.28. The zero-order valence-corrected chi connectivity index (χ0v) is 10.6. The maximum atomic E-state index is 2.56. The van der Waals surface area contributed by atoms with Crippen molar-refractivity contribution in [3.8, 4) is 0 Å². The second kappa shape index (κ2) is 2.90. The van der Waals surface area contributed by atoms with Gasteiger partial charge in [-0.2, -0.15) is 0 Å². The van der Waals surface area contributed by atoms with Crippen LogP contribution in [0, 0.1) is 35.0 Å². The zero-order valence-electron chi connectivity index (χ0n) is 10.6. The molecule has 2 saturated carbocycles. The van der Waals surface area contributed by atoms with Crippen LogP contribution in [0.25, 0.3) is 0 Å². The standard InChI is InChI=1S/C15H24/c1-9(2)11-7-8-15(4)12-6-5-10(3)14(15)13(11)12/h5,9,11-14H,6-8H2,1-4H3/t11-,12+,13+,14-,15-/m1/s1. The summed E-state index contributed by atoms with van der Waals surface area (Å²) < 4.78 is 0. The average Bonchev–Trinajstić information content (AvgIpc) is 2.17. The number of hydrogen-bond donors (Lipinski definition) is 0. The Morgan fingerprint density at radius 1 is 1.40 bits per heavy atom. The molecule has 0 aromatic carbocycles. The van der Waals surface area contributed by atoms with Gasteiger partial charge in [-0.1, -0.05) is 32.4 Å². The van der Waals surface area contributed by atoms with Crippen molar-refractivity contribution in [2.45, 2.75) is 47.0 Å². The molecule has 0 spiro atoms. The van der Waals surface area contributed by atoms with Crippen LogP contribution in [0.2, 0.25) is 0 Å². The van der Waals surface area contributed by atoms with Gasteiger partial charge in [-0.25, -0.2) is 0 Å². The van der Waals surface area contributed by atoms with Crippen LogP contribution in [-0.4, -0.2) is 0 Å². The monoisotopic (exact) mass is 204 g/mol. The predicted molar refractivity (Wildman–Crippen MR) is 64.5 cm³/mol. The number of rotatable bonds is 1. The van der Waals surface area contributed by atoms with E-state index in [9.17, 15) is 0 Å². The third-order valence-corrected chi connectivity index (χ3v) is 5.96. The molecule has 15 heavy (non-hydrogen) atoms. The molecule has 0 heterocycles. The second-order valence-corrected chi connectivity index (χ2v) is 6.80. The number of allylic oxidation sites excluding steroid dienone is 2. The fraction of sp³-hybridized carbons (Fsp3) is 0.867. The van der Waals surface area contributed by atoms with E-state index < -0.39 is 0 Å². The highest BCUT2D eigenvalue weighted by atomic mass is 14.7. The Morgan fingerprint density at radius 2 is 2.13 bits per heavy atom. The van der Waals surface area contributed by atoms with Crippen LogP contribution in [0.15, 0.2) is 11.6 Å². The minimum Gasteiger partial charge on any atom is -0.0850 e. The largest absolute Gasteiger partial charge is 0.0850 e. The van der Waals surface area contributed by atoms with Gasteiger partial charge in [-0.3, -0.25) is 0 Å². The fourth-order valence-electron chi connectivity index (χ4n) is 5.25. The van der Waals surface area contributed by atoms with E-state index >= 15 is 0 Å². The lowest BCUT2D eigenvalue weighted by molar-refractivity contribution is -0.181. The van der Waals surface area contributed by atoms with Gasteiger partial charge in [0, 0.05) is 0 Å². The van der Waals surface area contributed by atoms with Gasteiger partial charge in [-0.15, -0.1) is 0 Å². The van der Waals surface area contributed by atoms with Crippen LogP contribution < -0.4 is 0 Å². The summed E-state index contributed by atoms with van der Waals surface area (Å²) in [5.41, 5.74) is 2.42. The van der Waals surface area contributed by atoms with E-state index in [1.807, 2.05) is 0 Å². The zero-order chi connectivity index (χ0) is 10.8. The molecule has 0 N–H and O–H groups in total. The molecule has 0 radical (unpaired) electrons. The molecule has 0 amide bonds. The van der Waals surface area contributed by atoms with Gasteiger partial charge in [0.15, 0.2) is 0 Å². The SMILES string of the molecule is CC1=CC[C@H]2[C@@H]3[C@@H](C(C)C)CC[C@@]2(C)[C@H]13. The summed E-state index contributed by atoms with van der Waals surface area (Å²) in [5, 5.41) is 0. The van der Waals surface area contributed by atoms with Gasteiger partial charge in [0.2, 0.25) is 0 Å². The lowest BCUT2D eigenvalue weighted by atomic mass is 9.34. The van der Waals surface area contributed by atoms with Crippen LogP contribution in [0.4, 0.5) is 0 Å². The minimum absolute atomic E-state index is 0.703. The first-order chi connectivity index (χ1) is 7.05. The molecule has 5 atom stereocenters. The van der Waals surface area contributed by atoms with Gasteiger partial charge in [0.25, 0.3) is 0 Å². The van der Waals surface area contributed by atoms with Gasteiger partial charge in [-0.05, 0) is 61.2 Å². The molecule has 0 aliphatic heterocycles. The van der Waals surface area contributed by atoms with Crippen molar-refractivity contribution in [3.63, 3.8) is 0 Å². The van der Waals surface area contributed by atoms with E-state index in [-0.39, 0.29) is 0 Å². The summed E-state index contributed by atoms with van der Waals surface area (Å²) in [4.78, 5) is 0. The van der Waals surface area contributed by atoms with E-state index in [1.54, 1.807) is 5.57 Å². The molecule has 0 unspecified atom stereocenters. The molecule has 2 fully saturated rings. The summed E-state index contributed by atoms with van der Waals surface area (Å²) >= 11 is 0. The Morgan fingerprint density at radius 3 is 2.73 bits per heavy atom. The third kappa shape index (κ3) is 1.04. The van der Waals surface area contributed by atoms with Crippen molar-refractivity contribution in [3.05, 3.63) is 11.6 Å². The van der Waals surface area contributed by atoms with E-state index in [0.717, 1.165) is 29.6 Å². The summed E-state index contributed by atoms with van der Waals surface area (Å²) in [7, 11) is 0. The second-order valence-electron chi connectivity index (χ2n) is 6.80. The predicted octanol–water partition coefficient (Wildman–Crippen LogP) is 4.27. The van der Waals surface area contributed by atoms with Crippen LogP contribution in [0.1, 0.15) is 47.0 Å². The molecule has 0 aromatic rings. The van der Waals surface area contributed by atoms with Crippen molar-refractivity contribution >= 4 is 0 Å². The quantitative estimate of drug-likeness (QED) is 0.559. The first-order valence-electron chi connectivity index (χ1n) is 6.72. The average molecular weight is 204 g/mol. The van der Waals surface area contributed by atoms with Crippen molar-refractivity contribution in [2.75, 3.05) is 0 Å². The molecule has 84 valence electrons. The van der Waals surface area contributed by atoms with E-state index in [0.29, 0.717) is 5.41 Å². The summed E-state index contributed by atoms with van der Waals surface area (Å²) in [5.74, 6) is 4.96. The Labute approximate surface area is 94.1 Å². The van der Waals surface area contributed by atoms with Gasteiger partial charge in [0.05, 0.1) is 0 Å². The minimum atomic E-state index is 0.703. The normalized spacial score (nSPS) is 52.5. The van der Waals surface area contributed by atoms with Crippen molar-refractivity contribution in [1.82, 2.24) is 0 Å². The van der Waals surface area contributed by atoms with Crippen LogP contribution in [-0.2, 0) is 0 Å². The maximum Gasteiger partial charge on any atom is -0.0115 e. The third-order valence-electron chi connectivity index (χ3n) is 5.96. The smallest absolute Gasteiger partial charge is 0.0115 e. The first kappa shape index (κ1) is 9.93. The van der Waals surface area contributed by atoms with E-state index in [4.69, 9.17) is 0 Å². The topological polar surface area (TPSA) is 0 Å². The molecule has 4 rings (SSSR count). The summed E-state index contributed by atoms with van der Waals surface area (Å²) in [6.45, 7) is 9.81. The van der Waals surface area contributed by atoms with Crippen molar-refractivity contribution < 1.29 is 0 Å². The lowest BCUT2D eigenvalue weighted by Gasteiger charge is -2.70. The Bertz CT molecular complexity index is 312. The van der Waals surface area contributed by atoms with Gasteiger partial charge < -0.3 is 0 Å². The molecule has 4 bridgehead atoms. The van der Waals surface area contributed by atoms with Gasteiger partial charge in [0.1, 0.15) is 0 Å². The van der Waals surface area contributed by atoms with E-state index in [2.05, 4.69) is 33.8 Å². The maximum absolute atomic E-state index is 2.56. The Hall–Kier alpha value is -0.260. The summed E-state index contributed by atoms with van der Waals surface area (Å²) in [6, 6.07) is 0. The number of hydrogen-bond acceptors (Lipinski definition) is 0. The Kier molecular flexibility index (Phi) is 1.92. The summed E-state index contributed by atoms with van der Waals surface area (Å²) in [6.07, 6.45) is 6.90. The molecule has 4 aliphatic rings. The number of fused-ring (bicyclic) bond motifs is 1. The fourth-order valence-corrected chi connectivity index (χ4v) is 5.25. The first-order valence-corrected chi connectivity index (χ1v) is 6.72. The molecule has 0 saturated heterocycles. The molecular weight excluding hydrogens is 180 g/mol. The molecular formula is C15H24. The van der Waals surface area contributed by atoms with Crippen LogP contribution in [0.5, 0.6) is 0 Å². The molecule has 0 nitrogen and oxygen atoms in total. The van der Waals surface area contributed by atoms with Crippen LogP contribution in [0.3, 0.4) is 0 Å². The molecule has 0 heteroatoms. The highest BCUT2D eigenvalue weighted by Gasteiger charge is 2.64. The van der Waals surface area contributed by atoms with Gasteiger partial charge >= 0.3 is 0 Å². The lowest BCUT2D eigenvalue weighted by Crippen LogP contribution is -2.63. The van der Waals surface area contributed by atoms with E-state index in [1.165, 1.54) is 19.3 Å². The highest BCUT2D eigenvalue weighted by Crippen LogP contribution is 2.71.